The highest BCUT2D eigenvalue weighted by atomic mass is 16.5. The van der Waals surface area contributed by atoms with Crippen molar-refractivity contribution in [2.24, 2.45) is 5.73 Å². The lowest BCUT2D eigenvalue weighted by Crippen LogP contribution is -2.37. The van der Waals surface area contributed by atoms with Crippen LogP contribution in [-0.2, 0) is 0 Å². The molecule has 4 N–H and O–H groups in total. The fourth-order valence-corrected chi connectivity index (χ4v) is 3.57. The van der Waals surface area contributed by atoms with Crippen molar-refractivity contribution >= 4 is 17.6 Å². The molecule has 1 aliphatic rings. The van der Waals surface area contributed by atoms with Crippen LogP contribution in [0, 0.1) is 0 Å². The minimum atomic E-state index is -0.637. The molecule has 1 heterocycles. The van der Waals surface area contributed by atoms with Crippen molar-refractivity contribution in [2.75, 3.05) is 32.1 Å². The lowest BCUT2D eigenvalue weighted by atomic mass is 10.0. The van der Waals surface area contributed by atoms with Gasteiger partial charge in [-0.2, -0.15) is 0 Å². The number of amides is 3. The maximum atomic E-state index is 12.6. The number of nitrogens with one attached hydrogen (secondary N) is 2. The number of nitrogens with zero attached hydrogens (tertiary/aromatic N) is 1. The Morgan fingerprint density at radius 3 is 2.43 bits per heavy atom. The van der Waals surface area contributed by atoms with Gasteiger partial charge in [0.05, 0.1) is 13.2 Å². The predicted molar refractivity (Wildman–Crippen MR) is 109 cm³/mol. The zero-order valence-corrected chi connectivity index (χ0v) is 16.0. The van der Waals surface area contributed by atoms with Gasteiger partial charge in [0.1, 0.15) is 5.75 Å². The first kappa shape index (κ1) is 19.7. The third-order valence-corrected chi connectivity index (χ3v) is 4.95. The molecular formula is C21H26N4O3. The fourth-order valence-electron chi connectivity index (χ4n) is 3.57. The molecule has 7 nitrogen and oxygen atoms in total. The Bertz CT molecular complexity index is 817. The van der Waals surface area contributed by atoms with E-state index in [1.165, 1.54) is 0 Å². The topological polar surface area (TPSA) is 96.7 Å². The third kappa shape index (κ3) is 4.80. The number of hydrogen-bond donors (Lipinski definition) is 3. The van der Waals surface area contributed by atoms with Crippen LogP contribution in [0.3, 0.4) is 0 Å². The van der Waals surface area contributed by atoms with Gasteiger partial charge in [-0.15, -0.1) is 0 Å². The molecule has 1 fully saturated rings. The molecular weight excluding hydrogens is 356 g/mol. The number of hydrogen-bond acceptors (Lipinski definition) is 4. The highest BCUT2D eigenvalue weighted by molar-refractivity contribution is 5.95. The molecule has 0 aliphatic carbocycles. The number of ether oxygens (including phenoxy) is 1. The van der Waals surface area contributed by atoms with Crippen LogP contribution in [0.1, 0.15) is 34.8 Å². The number of urea groups is 1. The van der Waals surface area contributed by atoms with E-state index in [-0.39, 0.29) is 11.9 Å². The van der Waals surface area contributed by atoms with E-state index in [4.69, 9.17) is 10.5 Å². The number of carbonyl (C=O) groups excluding carboxylic acids is 2. The van der Waals surface area contributed by atoms with Crippen LogP contribution in [-0.4, -0.2) is 43.6 Å². The molecule has 0 spiro atoms. The number of carbonyl (C=O) groups is 2. The Hall–Kier alpha value is -3.06. The van der Waals surface area contributed by atoms with Crippen molar-refractivity contribution in [3.8, 4) is 5.75 Å². The summed E-state index contributed by atoms with van der Waals surface area (Å²) in [4.78, 5) is 25.9. The third-order valence-electron chi connectivity index (χ3n) is 4.95. The van der Waals surface area contributed by atoms with Gasteiger partial charge in [-0.1, -0.05) is 18.2 Å². The van der Waals surface area contributed by atoms with Crippen molar-refractivity contribution in [3.05, 3.63) is 59.7 Å². The molecule has 0 saturated carbocycles. The zero-order valence-electron chi connectivity index (χ0n) is 16.0. The Morgan fingerprint density at radius 2 is 1.79 bits per heavy atom. The molecule has 1 aliphatic heterocycles. The van der Waals surface area contributed by atoms with Crippen LogP contribution < -0.4 is 21.1 Å². The van der Waals surface area contributed by atoms with E-state index < -0.39 is 6.03 Å². The van der Waals surface area contributed by atoms with Crippen LogP contribution >= 0.6 is 0 Å². The van der Waals surface area contributed by atoms with Gasteiger partial charge in [-0.25, -0.2) is 4.79 Å². The summed E-state index contributed by atoms with van der Waals surface area (Å²) in [5, 5.41) is 5.52. The molecule has 1 atom stereocenters. The largest absolute Gasteiger partial charge is 0.496 e. The first-order chi connectivity index (χ1) is 13.6. The number of nitrogens with two attached hydrogens (primary N) is 1. The van der Waals surface area contributed by atoms with Crippen molar-refractivity contribution in [1.82, 2.24) is 10.2 Å². The van der Waals surface area contributed by atoms with E-state index in [1.807, 2.05) is 18.2 Å². The molecule has 0 bridgehead atoms. The Labute approximate surface area is 164 Å². The van der Waals surface area contributed by atoms with Gasteiger partial charge in [-0.05, 0) is 56.3 Å². The van der Waals surface area contributed by atoms with Crippen LogP contribution in [0.5, 0.6) is 5.75 Å². The van der Waals surface area contributed by atoms with Gasteiger partial charge < -0.3 is 21.1 Å². The first-order valence-corrected chi connectivity index (χ1v) is 9.40. The molecule has 0 aromatic heterocycles. The molecule has 2 aromatic rings. The normalized spacial score (nSPS) is 15.0. The second kappa shape index (κ2) is 9.23. The second-order valence-electron chi connectivity index (χ2n) is 6.78. The highest BCUT2D eigenvalue weighted by Crippen LogP contribution is 2.31. The summed E-state index contributed by atoms with van der Waals surface area (Å²) in [6.45, 7) is 2.50. The molecule has 0 radical (unpaired) electrons. The fraction of sp³-hybridized carbons (Fsp3) is 0.333. The van der Waals surface area contributed by atoms with Gasteiger partial charge in [0.2, 0.25) is 0 Å². The summed E-state index contributed by atoms with van der Waals surface area (Å²) in [6.07, 6.45) is 2.32. The first-order valence-electron chi connectivity index (χ1n) is 9.40. The van der Waals surface area contributed by atoms with Gasteiger partial charge >= 0.3 is 6.03 Å². The smallest absolute Gasteiger partial charge is 0.316 e. The van der Waals surface area contributed by atoms with Crippen LogP contribution in [0.2, 0.25) is 0 Å². The standard InChI is InChI=1S/C21H26N4O3/c1-28-19-7-3-2-6-17(19)18(25-12-4-5-13-25)14-23-20(26)15-8-10-16(11-9-15)24-21(22)27/h2-3,6-11,18H,4-5,12-14H2,1H3,(H,23,26)(H3,22,24,27). The maximum Gasteiger partial charge on any atom is 0.316 e. The summed E-state index contributed by atoms with van der Waals surface area (Å²) in [7, 11) is 1.67. The predicted octanol–water partition coefficient (Wildman–Crippen LogP) is 2.75. The average molecular weight is 382 g/mol. The number of methoxy groups -OCH3 is 1. The molecule has 1 unspecified atom stereocenters. The SMILES string of the molecule is COc1ccccc1C(CNC(=O)c1ccc(NC(N)=O)cc1)N1CCCC1. The van der Waals surface area contributed by atoms with E-state index in [2.05, 4.69) is 21.6 Å². The Morgan fingerprint density at radius 1 is 1.11 bits per heavy atom. The monoisotopic (exact) mass is 382 g/mol. The van der Waals surface area contributed by atoms with Crippen LogP contribution in [0.4, 0.5) is 10.5 Å². The van der Waals surface area contributed by atoms with E-state index >= 15 is 0 Å². The molecule has 148 valence electrons. The second-order valence-corrected chi connectivity index (χ2v) is 6.78. The summed E-state index contributed by atoms with van der Waals surface area (Å²) < 4.78 is 5.54. The summed E-state index contributed by atoms with van der Waals surface area (Å²) in [5.74, 6) is 0.667. The van der Waals surface area contributed by atoms with Crippen molar-refractivity contribution in [2.45, 2.75) is 18.9 Å². The lowest BCUT2D eigenvalue weighted by Gasteiger charge is -2.29. The number of para-hydroxylation sites is 1. The summed E-state index contributed by atoms with van der Waals surface area (Å²) in [6, 6.07) is 14.0. The van der Waals surface area contributed by atoms with Gasteiger partial charge in [-0.3, -0.25) is 9.69 Å². The zero-order chi connectivity index (χ0) is 19.9. The van der Waals surface area contributed by atoms with Crippen molar-refractivity contribution in [3.63, 3.8) is 0 Å². The minimum absolute atomic E-state index is 0.0541. The summed E-state index contributed by atoms with van der Waals surface area (Å²) in [5.41, 5.74) is 7.25. The number of likely N-dealkylation sites (tertiary alicyclic amines) is 1. The minimum Gasteiger partial charge on any atom is -0.496 e. The lowest BCUT2D eigenvalue weighted by molar-refractivity contribution is 0.0937. The van der Waals surface area contributed by atoms with E-state index in [1.54, 1.807) is 31.4 Å². The quantitative estimate of drug-likeness (QED) is 0.686. The number of anilines is 1. The van der Waals surface area contributed by atoms with E-state index in [0.29, 0.717) is 17.8 Å². The van der Waals surface area contributed by atoms with Gasteiger partial charge in [0, 0.05) is 23.4 Å². The Kier molecular flexibility index (Phi) is 6.49. The average Bonchev–Trinajstić information content (AvgIpc) is 3.23. The van der Waals surface area contributed by atoms with Crippen molar-refractivity contribution < 1.29 is 14.3 Å². The van der Waals surface area contributed by atoms with Crippen LogP contribution in [0.25, 0.3) is 0 Å². The molecule has 7 heteroatoms. The number of primary amides is 1. The molecule has 3 rings (SSSR count). The maximum absolute atomic E-state index is 12.6. The molecule has 3 amide bonds. The van der Waals surface area contributed by atoms with Gasteiger partial charge in [0.25, 0.3) is 5.91 Å². The molecule has 28 heavy (non-hydrogen) atoms. The number of benzene rings is 2. The highest BCUT2D eigenvalue weighted by Gasteiger charge is 2.26. The summed E-state index contributed by atoms with van der Waals surface area (Å²) >= 11 is 0. The van der Waals surface area contributed by atoms with E-state index in [0.717, 1.165) is 37.2 Å². The molecule has 1 saturated heterocycles. The Balaban J connectivity index is 1.71. The van der Waals surface area contributed by atoms with E-state index in [9.17, 15) is 9.59 Å². The molecule has 2 aromatic carbocycles. The van der Waals surface area contributed by atoms with Gasteiger partial charge in [0.15, 0.2) is 0 Å². The number of rotatable bonds is 7. The van der Waals surface area contributed by atoms with Crippen molar-refractivity contribution in [1.29, 1.82) is 0 Å². The van der Waals surface area contributed by atoms with Crippen LogP contribution in [0.15, 0.2) is 48.5 Å².